The van der Waals surface area contributed by atoms with Gasteiger partial charge in [0.25, 0.3) is 0 Å². The molecule has 0 radical (unpaired) electrons. The number of rotatable bonds is 7. The van der Waals surface area contributed by atoms with Gasteiger partial charge in [-0.05, 0) is 49.2 Å². The predicted octanol–water partition coefficient (Wildman–Crippen LogP) is 4.93. The highest BCUT2D eigenvalue weighted by Gasteiger charge is 2.10. The summed E-state index contributed by atoms with van der Waals surface area (Å²) >= 11 is 6.02. The average Bonchev–Trinajstić information content (AvgIpc) is 2.57. The van der Waals surface area contributed by atoms with Gasteiger partial charge in [-0.15, -0.1) is 6.58 Å². The SMILES string of the molecule is C=CCc1cc(C=Nc2cc(Cl)ccc2OC)cc(OCC)c1O. The van der Waals surface area contributed by atoms with E-state index in [1.54, 1.807) is 43.7 Å². The van der Waals surface area contributed by atoms with Crippen LogP contribution in [-0.4, -0.2) is 25.0 Å². The number of halogens is 1. The molecule has 5 heteroatoms. The molecule has 0 aliphatic carbocycles. The molecular formula is C19H20ClNO3. The van der Waals surface area contributed by atoms with E-state index in [1.165, 1.54) is 0 Å². The van der Waals surface area contributed by atoms with E-state index in [4.69, 9.17) is 21.1 Å². The molecule has 0 saturated heterocycles. The van der Waals surface area contributed by atoms with Gasteiger partial charge in [0.05, 0.1) is 13.7 Å². The number of allylic oxidation sites excluding steroid dienone is 1. The number of hydrogen-bond donors (Lipinski definition) is 1. The lowest BCUT2D eigenvalue weighted by molar-refractivity contribution is 0.317. The van der Waals surface area contributed by atoms with Gasteiger partial charge in [-0.3, -0.25) is 4.99 Å². The van der Waals surface area contributed by atoms with Gasteiger partial charge in [0.15, 0.2) is 11.5 Å². The van der Waals surface area contributed by atoms with Crippen molar-refractivity contribution in [1.82, 2.24) is 0 Å². The van der Waals surface area contributed by atoms with E-state index in [-0.39, 0.29) is 5.75 Å². The molecule has 0 unspecified atom stereocenters. The zero-order valence-electron chi connectivity index (χ0n) is 13.8. The minimum absolute atomic E-state index is 0.134. The lowest BCUT2D eigenvalue weighted by Gasteiger charge is -2.11. The lowest BCUT2D eigenvalue weighted by Crippen LogP contribution is -1.96. The fourth-order valence-electron chi connectivity index (χ4n) is 2.25. The number of phenols is 1. The maximum absolute atomic E-state index is 10.2. The molecule has 2 aromatic carbocycles. The third-order valence-electron chi connectivity index (χ3n) is 3.33. The quantitative estimate of drug-likeness (QED) is 0.571. The summed E-state index contributed by atoms with van der Waals surface area (Å²) in [7, 11) is 1.58. The molecule has 2 rings (SSSR count). The third-order valence-corrected chi connectivity index (χ3v) is 3.57. The Hall–Kier alpha value is -2.46. The van der Waals surface area contributed by atoms with Crippen LogP contribution < -0.4 is 9.47 Å². The second-order valence-corrected chi connectivity index (χ2v) is 5.46. The number of ether oxygens (including phenoxy) is 2. The van der Waals surface area contributed by atoms with Crippen LogP contribution in [0, 0.1) is 0 Å². The summed E-state index contributed by atoms with van der Waals surface area (Å²) < 4.78 is 10.8. The van der Waals surface area contributed by atoms with Gasteiger partial charge in [0, 0.05) is 16.8 Å². The van der Waals surface area contributed by atoms with Crippen molar-refractivity contribution in [3.63, 3.8) is 0 Å². The Morgan fingerprint density at radius 1 is 1.25 bits per heavy atom. The van der Waals surface area contributed by atoms with E-state index in [0.717, 1.165) is 11.1 Å². The van der Waals surface area contributed by atoms with Crippen molar-refractivity contribution in [2.75, 3.05) is 13.7 Å². The summed E-state index contributed by atoms with van der Waals surface area (Å²) in [5.74, 6) is 1.19. The number of nitrogens with zero attached hydrogens (tertiary/aromatic N) is 1. The van der Waals surface area contributed by atoms with Crippen LogP contribution in [0.3, 0.4) is 0 Å². The van der Waals surface area contributed by atoms with Crippen LogP contribution >= 0.6 is 11.6 Å². The molecule has 4 nitrogen and oxygen atoms in total. The minimum atomic E-state index is 0.134. The Labute approximate surface area is 147 Å². The number of methoxy groups -OCH3 is 1. The maximum atomic E-state index is 10.2. The van der Waals surface area contributed by atoms with Crippen molar-refractivity contribution < 1.29 is 14.6 Å². The summed E-state index contributed by atoms with van der Waals surface area (Å²) in [5, 5.41) is 10.8. The van der Waals surface area contributed by atoms with Gasteiger partial charge in [0.1, 0.15) is 11.4 Å². The van der Waals surface area contributed by atoms with Gasteiger partial charge < -0.3 is 14.6 Å². The first-order chi connectivity index (χ1) is 11.6. The van der Waals surface area contributed by atoms with Crippen molar-refractivity contribution in [3.05, 3.63) is 59.1 Å². The Morgan fingerprint density at radius 2 is 2.04 bits per heavy atom. The molecule has 0 saturated carbocycles. The molecule has 126 valence electrons. The molecule has 0 amide bonds. The molecule has 0 aliphatic rings. The third kappa shape index (κ3) is 4.30. The first kappa shape index (κ1) is 17.9. The van der Waals surface area contributed by atoms with E-state index in [9.17, 15) is 5.11 Å². The molecular weight excluding hydrogens is 326 g/mol. The Balaban J connectivity index is 2.41. The normalized spacial score (nSPS) is 10.8. The minimum Gasteiger partial charge on any atom is -0.504 e. The average molecular weight is 346 g/mol. The van der Waals surface area contributed by atoms with Crippen LogP contribution in [0.25, 0.3) is 0 Å². The van der Waals surface area contributed by atoms with Crippen LogP contribution in [0.4, 0.5) is 5.69 Å². The van der Waals surface area contributed by atoms with Crippen LogP contribution in [0.1, 0.15) is 18.1 Å². The van der Waals surface area contributed by atoms with Gasteiger partial charge in [-0.1, -0.05) is 17.7 Å². The smallest absolute Gasteiger partial charge is 0.161 e. The Morgan fingerprint density at radius 3 is 2.71 bits per heavy atom. The van der Waals surface area contributed by atoms with E-state index in [0.29, 0.717) is 35.2 Å². The first-order valence-corrected chi connectivity index (χ1v) is 7.94. The number of phenolic OH excluding ortho intramolecular Hbond substituents is 1. The monoisotopic (exact) mass is 345 g/mol. The first-order valence-electron chi connectivity index (χ1n) is 7.56. The van der Waals surface area contributed by atoms with E-state index >= 15 is 0 Å². The summed E-state index contributed by atoms with van der Waals surface area (Å²) in [6.07, 6.45) is 3.95. The summed E-state index contributed by atoms with van der Waals surface area (Å²) in [5.41, 5.74) is 2.16. The fourth-order valence-corrected chi connectivity index (χ4v) is 2.41. The molecule has 0 spiro atoms. The number of aromatic hydroxyl groups is 1. The van der Waals surface area contributed by atoms with Crippen molar-refractivity contribution in [2.45, 2.75) is 13.3 Å². The van der Waals surface area contributed by atoms with E-state index in [2.05, 4.69) is 11.6 Å². The van der Waals surface area contributed by atoms with Gasteiger partial charge in [-0.2, -0.15) is 0 Å². The van der Waals surface area contributed by atoms with Crippen LogP contribution in [0.15, 0.2) is 48.0 Å². The number of hydrogen-bond acceptors (Lipinski definition) is 4. The molecule has 2 aromatic rings. The molecule has 1 N–H and O–H groups in total. The lowest BCUT2D eigenvalue weighted by atomic mass is 10.1. The Kier molecular flexibility index (Phi) is 6.27. The largest absolute Gasteiger partial charge is 0.504 e. The maximum Gasteiger partial charge on any atom is 0.161 e. The molecule has 0 aliphatic heterocycles. The highest BCUT2D eigenvalue weighted by molar-refractivity contribution is 6.30. The van der Waals surface area contributed by atoms with Gasteiger partial charge in [-0.25, -0.2) is 0 Å². The highest BCUT2D eigenvalue weighted by Crippen LogP contribution is 2.33. The zero-order valence-corrected chi connectivity index (χ0v) is 14.5. The molecule has 0 aromatic heterocycles. The molecule has 24 heavy (non-hydrogen) atoms. The molecule has 0 fully saturated rings. The van der Waals surface area contributed by atoms with Gasteiger partial charge >= 0.3 is 0 Å². The summed E-state index contributed by atoms with van der Waals surface area (Å²) in [4.78, 5) is 4.44. The van der Waals surface area contributed by atoms with E-state index in [1.807, 2.05) is 13.0 Å². The highest BCUT2D eigenvalue weighted by atomic mass is 35.5. The predicted molar refractivity (Wildman–Crippen MR) is 98.4 cm³/mol. The van der Waals surface area contributed by atoms with Crippen LogP contribution in [0.2, 0.25) is 5.02 Å². The molecule has 0 atom stereocenters. The van der Waals surface area contributed by atoms with Gasteiger partial charge in [0.2, 0.25) is 0 Å². The molecule has 0 heterocycles. The van der Waals surface area contributed by atoms with Crippen molar-refractivity contribution in [1.29, 1.82) is 0 Å². The topological polar surface area (TPSA) is 51.0 Å². The summed E-state index contributed by atoms with van der Waals surface area (Å²) in [6, 6.07) is 8.83. The summed E-state index contributed by atoms with van der Waals surface area (Å²) in [6.45, 7) is 6.04. The number of aliphatic imine (C=N–C) groups is 1. The fraction of sp³-hybridized carbons (Fsp3) is 0.211. The molecule has 0 bridgehead atoms. The van der Waals surface area contributed by atoms with Crippen molar-refractivity contribution >= 4 is 23.5 Å². The second-order valence-electron chi connectivity index (χ2n) is 5.03. The second kappa shape index (κ2) is 8.41. The zero-order chi connectivity index (χ0) is 17.5. The van der Waals surface area contributed by atoms with Crippen molar-refractivity contribution in [2.24, 2.45) is 4.99 Å². The standard InChI is InChI=1S/C19H20ClNO3/c1-4-6-14-9-13(10-18(19(14)22)24-5-2)12-21-16-11-15(20)7-8-17(16)23-3/h4,7-12,22H,1,5-6H2,2-3H3. The van der Waals surface area contributed by atoms with Crippen molar-refractivity contribution in [3.8, 4) is 17.2 Å². The van der Waals surface area contributed by atoms with Crippen LogP contribution in [-0.2, 0) is 6.42 Å². The van der Waals surface area contributed by atoms with E-state index < -0.39 is 0 Å². The van der Waals surface area contributed by atoms with Crippen LogP contribution in [0.5, 0.6) is 17.2 Å². The Bertz CT molecular complexity index is 757. The number of benzene rings is 2.